The van der Waals surface area contributed by atoms with Crippen molar-refractivity contribution in [2.75, 3.05) is 13.1 Å². The number of nitrogens with zero attached hydrogens (tertiary/aromatic N) is 1. The van der Waals surface area contributed by atoms with Gasteiger partial charge in [-0.3, -0.25) is 10.1 Å². The number of carbonyl (C=O) groups is 1. The Labute approximate surface area is 100 Å². The first-order chi connectivity index (χ1) is 7.47. The maximum Gasteiger partial charge on any atom is 0.238 e. The molecule has 4 heteroatoms. The van der Waals surface area contributed by atoms with E-state index in [1.807, 2.05) is 11.0 Å². The van der Waals surface area contributed by atoms with Crippen LogP contribution in [0.2, 0.25) is 0 Å². The second-order valence-corrected chi connectivity index (χ2v) is 6.36. The van der Waals surface area contributed by atoms with Crippen molar-refractivity contribution in [3.05, 3.63) is 22.4 Å². The molecule has 1 aliphatic heterocycles. The zero-order chi connectivity index (χ0) is 11.8. The van der Waals surface area contributed by atoms with Gasteiger partial charge in [-0.05, 0) is 16.9 Å². The van der Waals surface area contributed by atoms with Gasteiger partial charge in [0.1, 0.15) is 6.17 Å². The van der Waals surface area contributed by atoms with Gasteiger partial charge in [-0.2, -0.15) is 0 Å². The van der Waals surface area contributed by atoms with Gasteiger partial charge in [0.15, 0.2) is 0 Å². The minimum atomic E-state index is 0.0757. The Morgan fingerprint density at radius 3 is 2.88 bits per heavy atom. The van der Waals surface area contributed by atoms with Crippen LogP contribution in [0.1, 0.15) is 31.8 Å². The van der Waals surface area contributed by atoms with Crippen LogP contribution in [0.4, 0.5) is 0 Å². The van der Waals surface area contributed by atoms with E-state index < -0.39 is 0 Å². The molecule has 0 saturated carbocycles. The maximum absolute atomic E-state index is 11.8. The van der Waals surface area contributed by atoms with Crippen molar-refractivity contribution in [3.63, 3.8) is 0 Å². The van der Waals surface area contributed by atoms with Crippen LogP contribution >= 0.6 is 11.3 Å². The van der Waals surface area contributed by atoms with Gasteiger partial charge in [0.05, 0.1) is 6.54 Å². The number of hydrogen-bond acceptors (Lipinski definition) is 3. The minimum absolute atomic E-state index is 0.0757. The second kappa shape index (κ2) is 4.18. The molecule has 1 unspecified atom stereocenters. The van der Waals surface area contributed by atoms with E-state index in [0.29, 0.717) is 6.54 Å². The Morgan fingerprint density at radius 1 is 1.56 bits per heavy atom. The lowest BCUT2D eigenvalue weighted by Crippen LogP contribution is -2.36. The third-order valence-corrected chi connectivity index (χ3v) is 3.46. The van der Waals surface area contributed by atoms with Gasteiger partial charge < -0.3 is 4.90 Å². The van der Waals surface area contributed by atoms with Gasteiger partial charge in [0, 0.05) is 11.4 Å². The number of nitrogens with one attached hydrogen (secondary N) is 1. The molecule has 0 bridgehead atoms. The first-order valence-corrected chi connectivity index (χ1v) is 6.41. The average molecular weight is 238 g/mol. The molecular weight excluding hydrogens is 220 g/mol. The molecule has 2 heterocycles. The van der Waals surface area contributed by atoms with Gasteiger partial charge in [0.2, 0.25) is 5.91 Å². The Morgan fingerprint density at radius 2 is 2.31 bits per heavy atom. The molecule has 1 N–H and O–H groups in total. The zero-order valence-corrected chi connectivity index (χ0v) is 10.8. The van der Waals surface area contributed by atoms with E-state index in [0.717, 1.165) is 6.54 Å². The number of carbonyl (C=O) groups excluding carboxylic acids is 1. The zero-order valence-electron chi connectivity index (χ0n) is 9.99. The predicted molar refractivity (Wildman–Crippen MR) is 66.2 cm³/mol. The SMILES string of the molecule is CC(C)(C)CN1C(=O)CNC1c1cccs1. The predicted octanol–water partition coefficient (Wildman–Crippen LogP) is 2.22. The van der Waals surface area contributed by atoms with Gasteiger partial charge in [-0.25, -0.2) is 0 Å². The summed E-state index contributed by atoms with van der Waals surface area (Å²) in [6, 6.07) is 4.11. The third-order valence-electron chi connectivity index (χ3n) is 2.54. The van der Waals surface area contributed by atoms with E-state index in [1.165, 1.54) is 4.88 Å². The van der Waals surface area contributed by atoms with Crippen molar-refractivity contribution >= 4 is 17.2 Å². The maximum atomic E-state index is 11.8. The summed E-state index contributed by atoms with van der Waals surface area (Å²) in [5, 5.41) is 5.32. The van der Waals surface area contributed by atoms with Crippen LogP contribution in [0.25, 0.3) is 0 Å². The van der Waals surface area contributed by atoms with Gasteiger partial charge >= 0.3 is 0 Å². The molecule has 0 spiro atoms. The molecule has 1 amide bonds. The summed E-state index contributed by atoms with van der Waals surface area (Å²) in [6.45, 7) is 7.72. The fourth-order valence-corrected chi connectivity index (χ4v) is 2.74. The van der Waals surface area contributed by atoms with Crippen molar-refractivity contribution in [3.8, 4) is 0 Å². The quantitative estimate of drug-likeness (QED) is 0.857. The van der Waals surface area contributed by atoms with Crippen molar-refractivity contribution in [2.45, 2.75) is 26.9 Å². The standard InChI is InChI=1S/C12H18N2OS/c1-12(2,3)8-14-10(15)7-13-11(14)9-5-4-6-16-9/h4-6,11,13H,7-8H2,1-3H3. The van der Waals surface area contributed by atoms with E-state index in [2.05, 4.69) is 37.5 Å². The Balaban J connectivity index is 2.17. The first kappa shape index (κ1) is 11.6. The van der Waals surface area contributed by atoms with Crippen LogP contribution < -0.4 is 5.32 Å². The molecule has 1 saturated heterocycles. The van der Waals surface area contributed by atoms with E-state index in [4.69, 9.17) is 0 Å². The van der Waals surface area contributed by atoms with Crippen LogP contribution in [-0.4, -0.2) is 23.9 Å². The Kier molecular flexibility index (Phi) is 3.04. The van der Waals surface area contributed by atoms with Crippen molar-refractivity contribution in [1.82, 2.24) is 10.2 Å². The van der Waals surface area contributed by atoms with Gasteiger partial charge in [-0.1, -0.05) is 26.8 Å². The molecule has 1 aliphatic rings. The summed E-state index contributed by atoms with van der Waals surface area (Å²) in [5.74, 6) is 0.202. The molecule has 88 valence electrons. The topological polar surface area (TPSA) is 32.3 Å². The van der Waals surface area contributed by atoms with Crippen molar-refractivity contribution in [1.29, 1.82) is 0 Å². The number of amides is 1. The second-order valence-electron chi connectivity index (χ2n) is 5.38. The van der Waals surface area contributed by atoms with E-state index in [1.54, 1.807) is 11.3 Å². The summed E-state index contributed by atoms with van der Waals surface area (Å²) in [4.78, 5) is 15.0. The summed E-state index contributed by atoms with van der Waals surface area (Å²) >= 11 is 1.70. The fraction of sp³-hybridized carbons (Fsp3) is 0.583. The van der Waals surface area contributed by atoms with Crippen LogP contribution in [0.3, 0.4) is 0 Å². The highest BCUT2D eigenvalue weighted by Crippen LogP contribution is 2.29. The Hall–Kier alpha value is -0.870. The van der Waals surface area contributed by atoms with Crippen molar-refractivity contribution in [2.24, 2.45) is 5.41 Å². The number of hydrogen-bond donors (Lipinski definition) is 1. The van der Waals surface area contributed by atoms with Crippen LogP contribution in [0.15, 0.2) is 17.5 Å². The lowest BCUT2D eigenvalue weighted by Gasteiger charge is -2.30. The number of rotatable bonds is 2. The van der Waals surface area contributed by atoms with E-state index in [-0.39, 0.29) is 17.5 Å². The van der Waals surface area contributed by atoms with E-state index >= 15 is 0 Å². The highest BCUT2D eigenvalue weighted by molar-refractivity contribution is 7.10. The molecule has 1 aromatic heterocycles. The molecule has 1 aromatic rings. The molecule has 16 heavy (non-hydrogen) atoms. The summed E-state index contributed by atoms with van der Waals surface area (Å²) in [5.41, 5.74) is 0.136. The molecule has 0 radical (unpaired) electrons. The summed E-state index contributed by atoms with van der Waals surface area (Å²) in [6.07, 6.45) is 0.0757. The van der Waals surface area contributed by atoms with Crippen LogP contribution in [0, 0.1) is 5.41 Å². The molecule has 3 nitrogen and oxygen atoms in total. The highest BCUT2D eigenvalue weighted by atomic mass is 32.1. The first-order valence-electron chi connectivity index (χ1n) is 5.54. The smallest absolute Gasteiger partial charge is 0.238 e. The fourth-order valence-electron chi connectivity index (χ4n) is 1.93. The summed E-state index contributed by atoms with van der Waals surface area (Å²) < 4.78 is 0. The molecule has 1 atom stereocenters. The van der Waals surface area contributed by atoms with Crippen molar-refractivity contribution < 1.29 is 4.79 Å². The molecule has 1 fully saturated rings. The molecule has 0 aromatic carbocycles. The van der Waals surface area contributed by atoms with Crippen LogP contribution in [0.5, 0.6) is 0 Å². The number of thiophene rings is 1. The Bertz CT molecular complexity index is 367. The highest BCUT2D eigenvalue weighted by Gasteiger charge is 2.34. The average Bonchev–Trinajstić information content (AvgIpc) is 2.75. The summed E-state index contributed by atoms with van der Waals surface area (Å²) in [7, 11) is 0. The largest absolute Gasteiger partial charge is 0.320 e. The molecule has 0 aliphatic carbocycles. The minimum Gasteiger partial charge on any atom is -0.320 e. The van der Waals surface area contributed by atoms with Gasteiger partial charge in [0.25, 0.3) is 0 Å². The lowest BCUT2D eigenvalue weighted by molar-refractivity contribution is -0.129. The lowest BCUT2D eigenvalue weighted by atomic mass is 9.96. The van der Waals surface area contributed by atoms with Gasteiger partial charge in [-0.15, -0.1) is 11.3 Å². The third kappa shape index (κ3) is 2.44. The van der Waals surface area contributed by atoms with Crippen LogP contribution in [-0.2, 0) is 4.79 Å². The monoisotopic (exact) mass is 238 g/mol. The molecular formula is C12H18N2OS. The van der Waals surface area contributed by atoms with E-state index in [9.17, 15) is 4.79 Å². The molecule has 2 rings (SSSR count). The normalized spacial score (nSPS) is 21.8.